The zero-order valence-electron chi connectivity index (χ0n) is 20.9. The van der Waals surface area contributed by atoms with Gasteiger partial charge in [-0.15, -0.1) is 0 Å². The fraction of sp³-hybridized carbons (Fsp3) is 0.966. The second-order valence-corrected chi connectivity index (χ2v) is 11.6. The molecule has 31 heavy (non-hydrogen) atoms. The summed E-state index contributed by atoms with van der Waals surface area (Å²) in [5, 5.41) is 0. The first-order valence-electron chi connectivity index (χ1n) is 14.3. The predicted octanol–water partition coefficient (Wildman–Crippen LogP) is 8.86. The van der Waals surface area contributed by atoms with Crippen LogP contribution in [-0.2, 0) is 9.53 Å². The lowest BCUT2D eigenvalue weighted by Crippen LogP contribution is -2.29. The van der Waals surface area contributed by atoms with Crippen molar-refractivity contribution in [1.29, 1.82) is 0 Å². The first kappa shape index (κ1) is 25.1. The van der Waals surface area contributed by atoms with Crippen LogP contribution in [0.1, 0.15) is 142 Å². The molecule has 0 N–H and O–H groups in total. The molecule has 0 radical (unpaired) electrons. The molecule has 0 aromatic carbocycles. The number of hydrogen-bond donors (Lipinski definition) is 0. The van der Waals surface area contributed by atoms with E-state index in [2.05, 4.69) is 6.92 Å². The first-order chi connectivity index (χ1) is 15.1. The van der Waals surface area contributed by atoms with Crippen molar-refractivity contribution < 1.29 is 9.53 Å². The van der Waals surface area contributed by atoms with E-state index in [0.29, 0.717) is 0 Å². The van der Waals surface area contributed by atoms with Crippen LogP contribution >= 0.6 is 0 Å². The summed E-state index contributed by atoms with van der Waals surface area (Å²) in [4.78, 5) is 11.2. The van der Waals surface area contributed by atoms with Gasteiger partial charge in [-0.3, -0.25) is 4.79 Å². The van der Waals surface area contributed by atoms with Crippen molar-refractivity contribution in [2.24, 2.45) is 29.6 Å². The average molecular weight is 433 g/mol. The molecule has 2 heteroatoms. The lowest BCUT2D eigenvalue weighted by molar-refractivity contribution is -0.148. The topological polar surface area (TPSA) is 26.3 Å². The van der Waals surface area contributed by atoms with Crippen LogP contribution in [0, 0.1) is 29.6 Å². The summed E-state index contributed by atoms with van der Waals surface area (Å²) in [6.45, 7) is 3.86. The third-order valence-electron chi connectivity index (χ3n) is 9.27. The van der Waals surface area contributed by atoms with Gasteiger partial charge in [0.25, 0.3) is 0 Å². The van der Waals surface area contributed by atoms with Crippen LogP contribution in [0.5, 0.6) is 0 Å². The van der Waals surface area contributed by atoms with Gasteiger partial charge in [0.1, 0.15) is 6.10 Å². The van der Waals surface area contributed by atoms with Gasteiger partial charge < -0.3 is 4.74 Å². The van der Waals surface area contributed by atoms with E-state index in [1.165, 1.54) is 116 Å². The summed E-state index contributed by atoms with van der Waals surface area (Å²) in [6.07, 6.45) is 28.8. The number of carbonyl (C=O) groups excluding carboxylic acids is 1. The fourth-order valence-electron chi connectivity index (χ4n) is 7.18. The van der Waals surface area contributed by atoms with Crippen LogP contribution in [0.2, 0.25) is 0 Å². The fourth-order valence-corrected chi connectivity index (χ4v) is 7.18. The van der Waals surface area contributed by atoms with Gasteiger partial charge in [0, 0.05) is 6.92 Å². The van der Waals surface area contributed by atoms with Crippen LogP contribution in [0.25, 0.3) is 0 Å². The van der Waals surface area contributed by atoms with Crippen molar-refractivity contribution in [1.82, 2.24) is 0 Å². The zero-order valence-corrected chi connectivity index (χ0v) is 20.9. The molecule has 0 bridgehead atoms. The number of ether oxygens (including phenoxy) is 1. The molecule has 0 saturated heterocycles. The molecule has 0 heterocycles. The number of unbranched alkanes of at least 4 members (excludes halogenated alkanes) is 4. The Hall–Kier alpha value is -0.530. The Labute approximate surface area is 193 Å². The van der Waals surface area contributed by atoms with E-state index in [1.807, 2.05) is 0 Å². The lowest BCUT2D eigenvalue weighted by Gasteiger charge is -2.38. The monoisotopic (exact) mass is 432 g/mol. The molecule has 3 rings (SSSR count). The number of hydrogen-bond acceptors (Lipinski definition) is 2. The van der Waals surface area contributed by atoms with E-state index in [4.69, 9.17) is 4.74 Å². The Morgan fingerprint density at radius 2 is 1.06 bits per heavy atom. The molecule has 3 aliphatic carbocycles. The molecule has 0 spiro atoms. The summed E-state index contributed by atoms with van der Waals surface area (Å²) >= 11 is 0. The Morgan fingerprint density at radius 1 is 0.613 bits per heavy atom. The maximum atomic E-state index is 11.2. The molecule has 0 aromatic rings. The van der Waals surface area contributed by atoms with Crippen LogP contribution in [0.15, 0.2) is 0 Å². The van der Waals surface area contributed by atoms with E-state index in [9.17, 15) is 4.79 Å². The van der Waals surface area contributed by atoms with Crippen molar-refractivity contribution in [2.45, 2.75) is 148 Å². The summed E-state index contributed by atoms with van der Waals surface area (Å²) in [5.41, 5.74) is 0. The van der Waals surface area contributed by atoms with Crippen LogP contribution < -0.4 is 0 Å². The summed E-state index contributed by atoms with van der Waals surface area (Å²) in [7, 11) is 0. The van der Waals surface area contributed by atoms with Gasteiger partial charge in [-0.05, 0) is 68.1 Å². The molecule has 0 unspecified atom stereocenters. The van der Waals surface area contributed by atoms with Gasteiger partial charge in [-0.2, -0.15) is 0 Å². The number of esters is 1. The van der Waals surface area contributed by atoms with E-state index in [0.717, 1.165) is 42.4 Å². The van der Waals surface area contributed by atoms with E-state index < -0.39 is 0 Å². The third-order valence-corrected chi connectivity index (χ3v) is 9.27. The molecular formula is C29H52O2. The Bertz CT molecular complexity index is 477. The Morgan fingerprint density at radius 3 is 1.58 bits per heavy atom. The highest BCUT2D eigenvalue weighted by atomic mass is 16.5. The molecule has 180 valence electrons. The number of rotatable bonds is 11. The van der Waals surface area contributed by atoms with Gasteiger partial charge in [0.2, 0.25) is 0 Å². The molecule has 3 fully saturated rings. The highest BCUT2D eigenvalue weighted by Crippen LogP contribution is 2.42. The summed E-state index contributed by atoms with van der Waals surface area (Å²) < 4.78 is 5.43. The second kappa shape index (κ2) is 13.9. The van der Waals surface area contributed by atoms with Gasteiger partial charge in [-0.25, -0.2) is 0 Å². The largest absolute Gasteiger partial charge is 0.463 e. The van der Waals surface area contributed by atoms with E-state index in [-0.39, 0.29) is 12.1 Å². The molecule has 0 atom stereocenters. The minimum Gasteiger partial charge on any atom is -0.463 e. The van der Waals surface area contributed by atoms with Gasteiger partial charge in [0.05, 0.1) is 0 Å². The average Bonchev–Trinajstić information content (AvgIpc) is 2.79. The quantitative estimate of drug-likeness (QED) is 0.241. The molecule has 0 aromatic heterocycles. The van der Waals surface area contributed by atoms with Crippen molar-refractivity contribution in [3.8, 4) is 0 Å². The molecule has 3 aliphatic rings. The van der Waals surface area contributed by atoms with Gasteiger partial charge >= 0.3 is 5.97 Å². The predicted molar refractivity (Wildman–Crippen MR) is 131 cm³/mol. The van der Waals surface area contributed by atoms with E-state index in [1.54, 1.807) is 6.92 Å². The maximum Gasteiger partial charge on any atom is 0.302 e. The second-order valence-electron chi connectivity index (χ2n) is 11.6. The van der Waals surface area contributed by atoms with Crippen LogP contribution in [0.4, 0.5) is 0 Å². The van der Waals surface area contributed by atoms with Crippen LogP contribution in [0.3, 0.4) is 0 Å². The standard InChI is InChI=1S/C29H52O2/c1-3-4-5-6-7-8-24-9-11-25(12-10-24)13-14-26-15-17-27(18-16-26)28-19-21-29(22-20-28)31-23(2)30/h24-29H,3-22H2,1-2H3. The molecule has 2 nitrogen and oxygen atoms in total. The minimum atomic E-state index is -0.0974. The molecule has 3 saturated carbocycles. The smallest absolute Gasteiger partial charge is 0.302 e. The van der Waals surface area contributed by atoms with Crippen molar-refractivity contribution >= 4 is 5.97 Å². The zero-order chi connectivity index (χ0) is 21.9. The molecule has 0 amide bonds. The van der Waals surface area contributed by atoms with Crippen molar-refractivity contribution in [2.75, 3.05) is 0 Å². The van der Waals surface area contributed by atoms with Crippen molar-refractivity contribution in [3.05, 3.63) is 0 Å². The number of carbonyl (C=O) groups is 1. The first-order valence-corrected chi connectivity index (χ1v) is 14.3. The lowest BCUT2D eigenvalue weighted by atomic mass is 9.69. The summed E-state index contributed by atoms with van der Waals surface area (Å²) in [5.74, 6) is 4.90. The maximum absolute atomic E-state index is 11.2. The molecular weight excluding hydrogens is 380 g/mol. The van der Waals surface area contributed by atoms with Crippen molar-refractivity contribution in [3.63, 3.8) is 0 Å². The molecule has 0 aliphatic heterocycles. The highest BCUT2D eigenvalue weighted by Gasteiger charge is 2.32. The minimum absolute atomic E-state index is 0.0974. The Balaban J connectivity index is 1.22. The SMILES string of the molecule is CCCCCCCC1CCC(CCC2CCC(C3CCC(OC(C)=O)CC3)CC2)CC1. The van der Waals surface area contributed by atoms with Gasteiger partial charge in [0.15, 0.2) is 0 Å². The summed E-state index contributed by atoms with van der Waals surface area (Å²) in [6, 6.07) is 0. The third kappa shape index (κ3) is 9.09. The highest BCUT2D eigenvalue weighted by molar-refractivity contribution is 5.66. The van der Waals surface area contributed by atoms with Gasteiger partial charge in [-0.1, -0.05) is 96.8 Å². The van der Waals surface area contributed by atoms with E-state index >= 15 is 0 Å². The Kier molecular flexibility index (Phi) is 11.2. The normalized spacial score (nSPS) is 34.4. The van der Waals surface area contributed by atoms with Crippen LogP contribution in [-0.4, -0.2) is 12.1 Å².